The average Bonchev–Trinajstić information content (AvgIpc) is 2.08. The predicted molar refractivity (Wildman–Crippen MR) is 59.9 cm³/mol. The first kappa shape index (κ1) is 14.1. The number of hydrogen-bond donors (Lipinski definition) is 2. The van der Waals surface area contributed by atoms with Crippen molar-refractivity contribution in [3.05, 3.63) is 12.2 Å². The Morgan fingerprint density at radius 1 is 1.27 bits per heavy atom. The van der Waals surface area contributed by atoms with Crippen molar-refractivity contribution < 1.29 is 13.2 Å². The van der Waals surface area contributed by atoms with E-state index >= 15 is 0 Å². The molecule has 0 aromatic rings. The van der Waals surface area contributed by atoms with Crippen LogP contribution in [-0.4, -0.2) is 33.7 Å². The van der Waals surface area contributed by atoms with Crippen molar-refractivity contribution in [1.29, 1.82) is 0 Å². The molecule has 6 heteroatoms. The largest absolute Gasteiger partial charge is 0.352 e. The van der Waals surface area contributed by atoms with E-state index in [1.165, 1.54) is 0 Å². The number of rotatable bonds is 7. The Morgan fingerprint density at radius 3 is 2.27 bits per heavy atom. The lowest BCUT2D eigenvalue weighted by Gasteiger charge is -2.04. The van der Waals surface area contributed by atoms with Crippen LogP contribution >= 0.6 is 0 Å². The molecular weight excluding hydrogens is 216 g/mol. The summed E-state index contributed by atoms with van der Waals surface area (Å²) in [7, 11) is -3.09. The third-order valence-corrected chi connectivity index (χ3v) is 2.37. The molecule has 0 aromatic carbocycles. The van der Waals surface area contributed by atoms with E-state index in [2.05, 4.69) is 16.6 Å². The predicted octanol–water partition coefficient (Wildman–Crippen LogP) is 0.00810. The van der Waals surface area contributed by atoms with Crippen molar-refractivity contribution in [3.63, 3.8) is 0 Å². The highest BCUT2D eigenvalue weighted by molar-refractivity contribution is 7.88. The normalized spacial score (nSPS) is 11.1. The van der Waals surface area contributed by atoms with Gasteiger partial charge in [0.15, 0.2) is 0 Å². The number of nitrogens with one attached hydrogen (secondary N) is 2. The molecule has 2 N–H and O–H groups in total. The molecule has 0 unspecified atom stereocenters. The van der Waals surface area contributed by atoms with Crippen molar-refractivity contribution in [3.8, 4) is 0 Å². The van der Waals surface area contributed by atoms with Crippen LogP contribution in [0.4, 0.5) is 0 Å². The molecule has 0 fully saturated rings. The maximum atomic E-state index is 11.0. The molecule has 0 atom stereocenters. The molecule has 88 valence electrons. The fraction of sp³-hybridized carbons (Fsp3) is 0.667. The highest BCUT2D eigenvalue weighted by Gasteiger charge is 2.01. The number of unbranched alkanes of at least 4 members (excludes halogenated alkanes) is 1. The molecule has 15 heavy (non-hydrogen) atoms. The Morgan fingerprint density at radius 2 is 1.80 bits per heavy atom. The molecule has 0 spiro atoms. The van der Waals surface area contributed by atoms with Crippen molar-refractivity contribution in [2.45, 2.75) is 19.8 Å². The number of amides is 1. The Kier molecular flexibility index (Phi) is 6.19. The summed E-state index contributed by atoms with van der Waals surface area (Å²) < 4.78 is 23.7. The second-order valence-corrected chi connectivity index (χ2v) is 5.24. The van der Waals surface area contributed by atoms with Gasteiger partial charge < -0.3 is 5.32 Å². The Labute approximate surface area is 91.0 Å². The van der Waals surface area contributed by atoms with Gasteiger partial charge in [0.25, 0.3) is 0 Å². The first-order valence-corrected chi connectivity index (χ1v) is 6.60. The summed E-state index contributed by atoms with van der Waals surface area (Å²) in [6.45, 7) is 6.08. The van der Waals surface area contributed by atoms with Crippen molar-refractivity contribution in [2.24, 2.45) is 0 Å². The fourth-order valence-electron chi connectivity index (χ4n) is 0.860. The molecule has 0 bridgehead atoms. The number of hydrogen-bond acceptors (Lipinski definition) is 3. The van der Waals surface area contributed by atoms with Gasteiger partial charge >= 0.3 is 0 Å². The van der Waals surface area contributed by atoms with E-state index in [-0.39, 0.29) is 5.91 Å². The molecule has 5 nitrogen and oxygen atoms in total. The minimum absolute atomic E-state index is 0.161. The lowest BCUT2D eigenvalue weighted by molar-refractivity contribution is -0.117. The fourth-order valence-corrected chi connectivity index (χ4v) is 1.38. The molecule has 0 aliphatic carbocycles. The first-order valence-electron chi connectivity index (χ1n) is 4.71. The highest BCUT2D eigenvalue weighted by Crippen LogP contribution is 1.89. The van der Waals surface area contributed by atoms with E-state index in [1.54, 1.807) is 6.92 Å². The highest BCUT2D eigenvalue weighted by atomic mass is 32.2. The molecule has 0 rings (SSSR count). The van der Waals surface area contributed by atoms with Crippen LogP contribution in [0.2, 0.25) is 0 Å². The average molecular weight is 234 g/mol. The number of carbonyl (C=O) groups excluding carboxylic acids is 1. The van der Waals surface area contributed by atoms with Crippen LogP contribution in [0.15, 0.2) is 12.2 Å². The summed E-state index contributed by atoms with van der Waals surface area (Å²) in [5.74, 6) is -0.161. The topological polar surface area (TPSA) is 75.3 Å². The second kappa shape index (κ2) is 6.58. The summed E-state index contributed by atoms with van der Waals surface area (Å²) in [4.78, 5) is 11.0. The van der Waals surface area contributed by atoms with Gasteiger partial charge in [-0.15, -0.1) is 0 Å². The third kappa shape index (κ3) is 9.42. The third-order valence-electron chi connectivity index (χ3n) is 1.64. The van der Waals surface area contributed by atoms with E-state index < -0.39 is 10.0 Å². The zero-order valence-electron chi connectivity index (χ0n) is 9.17. The smallest absolute Gasteiger partial charge is 0.246 e. The van der Waals surface area contributed by atoms with Crippen LogP contribution in [0.3, 0.4) is 0 Å². The van der Waals surface area contributed by atoms with Crippen LogP contribution in [0.1, 0.15) is 19.8 Å². The maximum Gasteiger partial charge on any atom is 0.246 e. The summed E-state index contributed by atoms with van der Waals surface area (Å²) >= 11 is 0. The van der Waals surface area contributed by atoms with Crippen molar-refractivity contribution in [2.75, 3.05) is 19.3 Å². The summed E-state index contributed by atoms with van der Waals surface area (Å²) in [5.41, 5.74) is 0.476. The molecule has 0 aliphatic heterocycles. The van der Waals surface area contributed by atoms with E-state index in [0.29, 0.717) is 25.1 Å². The van der Waals surface area contributed by atoms with E-state index in [9.17, 15) is 13.2 Å². The van der Waals surface area contributed by atoms with Gasteiger partial charge in [0.1, 0.15) is 0 Å². The van der Waals surface area contributed by atoms with Gasteiger partial charge in [0.2, 0.25) is 15.9 Å². The molecule has 0 saturated carbocycles. The van der Waals surface area contributed by atoms with Gasteiger partial charge in [0.05, 0.1) is 6.26 Å². The van der Waals surface area contributed by atoms with Crippen LogP contribution in [0.25, 0.3) is 0 Å². The summed E-state index contributed by atoms with van der Waals surface area (Å²) in [6, 6.07) is 0. The zero-order valence-corrected chi connectivity index (χ0v) is 9.99. The van der Waals surface area contributed by atoms with Gasteiger partial charge in [-0.25, -0.2) is 13.1 Å². The van der Waals surface area contributed by atoms with Crippen LogP contribution in [0, 0.1) is 0 Å². The van der Waals surface area contributed by atoms with Gasteiger partial charge in [-0.1, -0.05) is 6.58 Å². The van der Waals surface area contributed by atoms with E-state index in [0.717, 1.165) is 12.7 Å². The van der Waals surface area contributed by atoms with Gasteiger partial charge in [-0.2, -0.15) is 0 Å². The quantitative estimate of drug-likeness (QED) is 0.481. The van der Waals surface area contributed by atoms with Gasteiger partial charge in [-0.05, 0) is 19.8 Å². The number of carbonyl (C=O) groups is 1. The molecule has 0 radical (unpaired) electrons. The Hall–Kier alpha value is -0.880. The minimum atomic E-state index is -3.09. The SMILES string of the molecule is C=C(C)C(=O)NCCCCNS(C)(=O)=O. The first-order chi connectivity index (χ1) is 6.83. The lowest BCUT2D eigenvalue weighted by atomic mass is 10.3. The molecular formula is C9H18N2O3S. The molecule has 1 amide bonds. The van der Waals surface area contributed by atoms with Crippen LogP contribution < -0.4 is 10.0 Å². The lowest BCUT2D eigenvalue weighted by Crippen LogP contribution is -2.26. The summed E-state index contributed by atoms with van der Waals surface area (Å²) in [5, 5.41) is 2.66. The van der Waals surface area contributed by atoms with Crippen LogP contribution in [-0.2, 0) is 14.8 Å². The summed E-state index contributed by atoms with van der Waals surface area (Å²) in [6.07, 6.45) is 2.56. The molecule has 0 aromatic heterocycles. The maximum absolute atomic E-state index is 11.0. The van der Waals surface area contributed by atoms with Gasteiger partial charge in [0, 0.05) is 18.7 Å². The van der Waals surface area contributed by atoms with Crippen LogP contribution in [0.5, 0.6) is 0 Å². The van der Waals surface area contributed by atoms with Crippen molar-refractivity contribution in [1.82, 2.24) is 10.0 Å². The Bertz CT molecular complexity index is 322. The van der Waals surface area contributed by atoms with E-state index in [4.69, 9.17) is 0 Å². The monoisotopic (exact) mass is 234 g/mol. The Balaban J connectivity index is 3.41. The van der Waals surface area contributed by atoms with E-state index in [1.807, 2.05) is 0 Å². The zero-order chi connectivity index (χ0) is 11.9. The molecule has 0 heterocycles. The molecule has 0 aliphatic rings. The molecule has 0 saturated heterocycles. The standard InChI is InChI=1S/C9H18N2O3S/c1-8(2)9(12)10-6-4-5-7-11-15(3,13)14/h11H,1,4-7H2,2-3H3,(H,10,12). The second-order valence-electron chi connectivity index (χ2n) is 3.41. The number of sulfonamides is 1. The minimum Gasteiger partial charge on any atom is -0.352 e. The van der Waals surface area contributed by atoms with Crippen molar-refractivity contribution >= 4 is 15.9 Å². The van der Waals surface area contributed by atoms with Gasteiger partial charge in [-0.3, -0.25) is 4.79 Å².